The Kier molecular flexibility index (Phi) is 3.11. The molecule has 0 amide bonds. The van der Waals surface area contributed by atoms with Gasteiger partial charge in [0.2, 0.25) is 0 Å². The number of aromatic nitrogens is 2. The highest BCUT2D eigenvalue weighted by Gasteiger charge is 2.19. The average Bonchev–Trinajstić information content (AvgIpc) is 2.24. The Morgan fingerprint density at radius 1 is 1.47 bits per heavy atom. The monoisotopic (exact) mass is 225 g/mol. The topological polar surface area (TPSA) is 57.8 Å². The average molecular weight is 225 g/mol. The van der Waals surface area contributed by atoms with Gasteiger partial charge < -0.3 is 10.3 Å². The predicted molar refractivity (Wildman–Crippen MR) is 62.4 cm³/mol. The van der Waals surface area contributed by atoms with E-state index in [1.165, 1.54) is 0 Å². The molecule has 2 rings (SSSR count). The summed E-state index contributed by atoms with van der Waals surface area (Å²) in [5.41, 5.74) is 2.67. The number of nitrogens with one attached hydrogen (secondary N) is 2. The van der Waals surface area contributed by atoms with Crippen LogP contribution in [0.4, 0.5) is 0 Å². The van der Waals surface area contributed by atoms with Gasteiger partial charge in [0.15, 0.2) is 0 Å². The van der Waals surface area contributed by atoms with E-state index in [-0.39, 0.29) is 11.7 Å². The number of rotatable bonds is 1. The van der Waals surface area contributed by atoms with E-state index in [9.17, 15) is 4.79 Å². The van der Waals surface area contributed by atoms with Crippen molar-refractivity contribution in [1.82, 2.24) is 15.3 Å². The first kappa shape index (κ1) is 10.7. The number of nitrogens with zero attached hydrogens (tertiary/aromatic N) is 1. The van der Waals surface area contributed by atoms with Crippen LogP contribution < -0.4 is 11.0 Å². The third kappa shape index (κ3) is 2.23. The molecule has 0 aromatic carbocycles. The van der Waals surface area contributed by atoms with Gasteiger partial charge in [0.1, 0.15) is 0 Å². The van der Waals surface area contributed by atoms with Crippen LogP contribution in [0.25, 0.3) is 0 Å². The maximum atomic E-state index is 11.3. The van der Waals surface area contributed by atoms with Gasteiger partial charge >= 0.3 is 5.69 Å². The van der Waals surface area contributed by atoms with Crippen LogP contribution in [0.2, 0.25) is 0 Å². The van der Waals surface area contributed by atoms with Crippen molar-refractivity contribution in [2.45, 2.75) is 19.9 Å². The maximum absolute atomic E-state index is 11.3. The van der Waals surface area contributed by atoms with Crippen molar-refractivity contribution >= 4 is 11.8 Å². The largest absolute Gasteiger partial charge is 0.345 e. The lowest BCUT2D eigenvalue weighted by Crippen LogP contribution is -2.33. The van der Waals surface area contributed by atoms with Crippen molar-refractivity contribution in [3.05, 3.63) is 27.4 Å². The molecule has 4 nitrogen and oxygen atoms in total. The molecule has 1 aliphatic heterocycles. The fourth-order valence-corrected chi connectivity index (χ4v) is 2.69. The van der Waals surface area contributed by atoms with Crippen LogP contribution in [-0.4, -0.2) is 28.0 Å². The number of aromatic amines is 1. The molecular formula is C10H15N3OS. The quantitative estimate of drug-likeness (QED) is 0.741. The van der Waals surface area contributed by atoms with E-state index in [4.69, 9.17) is 0 Å². The first-order chi connectivity index (χ1) is 7.18. The number of hydrogen-bond acceptors (Lipinski definition) is 4. The van der Waals surface area contributed by atoms with Gasteiger partial charge in [-0.15, -0.1) is 0 Å². The molecule has 0 saturated carbocycles. The Morgan fingerprint density at radius 3 is 2.93 bits per heavy atom. The Labute approximate surface area is 92.9 Å². The molecule has 1 aliphatic rings. The summed E-state index contributed by atoms with van der Waals surface area (Å²) in [4.78, 5) is 18.1. The van der Waals surface area contributed by atoms with Crippen LogP contribution in [0.3, 0.4) is 0 Å². The molecule has 2 N–H and O–H groups in total. The fourth-order valence-electron chi connectivity index (χ4n) is 1.75. The molecular weight excluding hydrogens is 210 g/mol. The molecule has 1 atom stereocenters. The Hall–Kier alpha value is -0.810. The lowest BCUT2D eigenvalue weighted by molar-refractivity contribution is 0.572. The molecule has 1 aromatic rings. The highest BCUT2D eigenvalue weighted by molar-refractivity contribution is 7.99. The molecule has 0 spiro atoms. The van der Waals surface area contributed by atoms with E-state index >= 15 is 0 Å². The van der Waals surface area contributed by atoms with Gasteiger partial charge in [-0.3, -0.25) is 0 Å². The molecule has 1 unspecified atom stereocenters. The predicted octanol–water partition coefficient (Wildman–Crippen LogP) is 0.764. The highest BCUT2D eigenvalue weighted by Crippen LogP contribution is 2.22. The highest BCUT2D eigenvalue weighted by atomic mass is 32.2. The molecule has 1 saturated heterocycles. The summed E-state index contributed by atoms with van der Waals surface area (Å²) in [5.74, 6) is 2.13. The van der Waals surface area contributed by atoms with Gasteiger partial charge in [-0.05, 0) is 19.4 Å². The minimum atomic E-state index is -0.245. The summed E-state index contributed by atoms with van der Waals surface area (Å²) in [6, 6.07) is 0.227. The summed E-state index contributed by atoms with van der Waals surface area (Å²) >= 11 is 1.90. The minimum absolute atomic E-state index is 0.227. The second-order valence-corrected chi connectivity index (χ2v) is 4.91. The van der Waals surface area contributed by atoms with Gasteiger partial charge in [0, 0.05) is 23.7 Å². The Bertz CT molecular complexity index is 410. The summed E-state index contributed by atoms with van der Waals surface area (Å²) < 4.78 is 0. The number of thioether (sulfide) groups is 1. The smallest absolute Gasteiger partial charge is 0.310 e. The normalized spacial score (nSPS) is 21.6. The van der Waals surface area contributed by atoms with Gasteiger partial charge in [0.25, 0.3) is 0 Å². The molecule has 0 bridgehead atoms. The van der Waals surface area contributed by atoms with Crippen molar-refractivity contribution in [3.8, 4) is 0 Å². The van der Waals surface area contributed by atoms with E-state index < -0.39 is 0 Å². The van der Waals surface area contributed by atoms with Crippen molar-refractivity contribution in [2.75, 3.05) is 18.1 Å². The fraction of sp³-hybridized carbons (Fsp3) is 0.600. The third-order valence-corrected chi connectivity index (χ3v) is 3.78. The van der Waals surface area contributed by atoms with E-state index in [1.54, 1.807) is 0 Å². The van der Waals surface area contributed by atoms with Crippen LogP contribution >= 0.6 is 11.8 Å². The number of H-pyrrole nitrogens is 1. The maximum Gasteiger partial charge on any atom is 0.345 e. The van der Waals surface area contributed by atoms with Crippen molar-refractivity contribution in [1.29, 1.82) is 0 Å². The molecule has 1 fully saturated rings. The summed E-state index contributed by atoms with van der Waals surface area (Å²) in [5, 5.41) is 3.39. The first-order valence-electron chi connectivity index (χ1n) is 5.07. The summed E-state index contributed by atoms with van der Waals surface area (Å²) in [6.07, 6.45) is 0. The third-order valence-electron chi connectivity index (χ3n) is 2.71. The Balaban J connectivity index is 2.37. The molecule has 0 radical (unpaired) electrons. The van der Waals surface area contributed by atoms with Gasteiger partial charge in [-0.25, -0.2) is 4.79 Å². The van der Waals surface area contributed by atoms with E-state index in [0.717, 1.165) is 35.0 Å². The zero-order valence-corrected chi connectivity index (χ0v) is 9.78. The lowest BCUT2D eigenvalue weighted by atomic mass is 10.1. The molecule has 0 aliphatic carbocycles. The second-order valence-electron chi connectivity index (χ2n) is 3.76. The molecule has 5 heteroatoms. The second kappa shape index (κ2) is 4.37. The van der Waals surface area contributed by atoms with Crippen molar-refractivity contribution < 1.29 is 0 Å². The van der Waals surface area contributed by atoms with Crippen molar-refractivity contribution in [2.24, 2.45) is 0 Å². The molecule has 15 heavy (non-hydrogen) atoms. The van der Waals surface area contributed by atoms with Crippen LogP contribution in [-0.2, 0) is 0 Å². The lowest BCUT2D eigenvalue weighted by Gasteiger charge is -2.24. The zero-order valence-electron chi connectivity index (χ0n) is 8.96. The standard InChI is InChI=1S/C10H15N3OS/c1-6-7(2)12-10(14)13-9(6)8-5-15-4-3-11-8/h8,11H,3-5H2,1-2H3,(H,12,13,14). The first-order valence-corrected chi connectivity index (χ1v) is 6.22. The zero-order chi connectivity index (χ0) is 10.8. The van der Waals surface area contributed by atoms with Crippen LogP contribution in [0.15, 0.2) is 4.79 Å². The molecule has 2 heterocycles. The van der Waals surface area contributed by atoms with Crippen LogP contribution in [0.1, 0.15) is 23.0 Å². The number of hydrogen-bond donors (Lipinski definition) is 2. The van der Waals surface area contributed by atoms with E-state index in [2.05, 4.69) is 15.3 Å². The van der Waals surface area contributed by atoms with E-state index in [1.807, 2.05) is 25.6 Å². The molecule has 1 aromatic heterocycles. The van der Waals surface area contributed by atoms with Crippen LogP contribution in [0.5, 0.6) is 0 Å². The Morgan fingerprint density at radius 2 is 2.27 bits per heavy atom. The minimum Gasteiger partial charge on any atom is -0.310 e. The van der Waals surface area contributed by atoms with Crippen LogP contribution in [0, 0.1) is 13.8 Å². The van der Waals surface area contributed by atoms with E-state index in [0.29, 0.717) is 0 Å². The number of aryl methyl sites for hydroxylation is 1. The summed E-state index contributed by atoms with van der Waals surface area (Å²) in [6.45, 7) is 4.91. The SMILES string of the molecule is Cc1[nH]c(=O)nc(C2CSCCN2)c1C. The van der Waals surface area contributed by atoms with Gasteiger partial charge in [-0.1, -0.05) is 0 Å². The molecule has 82 valence electrons. The van der Waals surface area contributed by atoms with Crippen molar-refractivity contribution in [3.63, 3.8) is 0 Å². The summed E-state index contributed by atoms with van der Waals surface area (Å²) in [7, 11) is 0. The van der Waals surface area contributed by atoms with Gasteiger partial charge in [0.05, 0.1) is 11.7 Å². The van der Waals surface area contributed by atoms with Gasteiger partial charge in [-0.2, -0.15) is 16.7 Å².